The van der Waals surface area contributed by atoms with E-state index in [4.69, 9.17) is 4.74 Å². The SMILES string of the molecule is COc1cccc2c(NCCCCn3cnnc3)cc(C)nc12. The fourth-order valence-corrected chi connectivity index (χ4v) is 2.64. The van der Waals surface area contributed by atoms with Crippen LogP contribution in [0.4, 0.5) is 5.69 Å². The number of hydrogen-bond donors (Lipinski definition) is 1. The Morgan fingerprint density at radius 3 is 2.78 bits per heavy atom. The van der Waals surface area contributed by atoms with Crippen molar-refractivity contribution in [2.45, 2.75) is 26.3 Å². The van der Waals surface area contributed by atoms with Crippen LogP contribution in [0.2, 0.25) is 0 Å². The van der Waals surface area contributed by atoms with Gasteiger partial charge in [-0.25, -0.2) is 4.98 Å². The highest BCUT2D eigenvalue weighted by Crippen LogP contribution is 2.29. The van der Waals surface area contributed by atoms with E-state index in [0.717, 1.165) is 54.0 Å². The van der Waals surface area contributed by atoms with Crippen molar-refractivity contribution in [2.24, 2.45) is 0 Å². The molecular weight excluding hydrogens is 290 g/mol. The molecule has 0 atom stereocenters. The number of nitrogens with one attached hydrogen (secondary N) is 1. The predicted molar refractivity (Wildman–Crippen MR) is 90.8 cm³/mol. The summed E-state index contributed by atoms with van der Waals surface area (Å²) in [5.74, 6) is 0.807. The maximum Gasteiger partial charge on any atom is 0.145 e. The standard InChI is InChI=1S/C17H21N5O/c1-13-10-15(14-6-5-7-16(23-2)17(14)21-13)18-8-3-4-9-22-11-19-20-12-22/h5-7,10-12H,3-4,8-9H2,1-2H3,(H,18,21). The number of fused-ring (bicyclic) bond motifs is 1. The Hall–Kier alpha value is -2.63. The minimum atomic E-state index is 0.807. The number of methoxy groups -OCH3 is 1. The van der Waals surface area contributed by atoms with Gasteiger partial charge in [-0.2, -0.15) is 0 Å². The summed E-state index contributed by atoms with van der Waals surface area (Å²) in [6.07, 6.45) is 5.65. The number of hydrogen-bond acceptors (Lipinski definition) is 5. The van der Waals surface area contributed by atoms with E-state index >= 15 is 0 Å². The van der Waals surface area contributed by atoms with E-state index < -0.39 is 0 Å². The Kier molecular flexibility index (Phi) is 4.71. The van der Waals surface area contributed by atoms with Crippen LogP contribution < -0.4 is 10.1 Å². The third-order valence-corrected chi connectivity index (χ3v) is 3.78. The summed E-state index contributed by atoms with van der Waals surface area (Å²) in [7, 11) is 1.68. The molecule has 23 heavy (non-hydrogen) atoms. The van der Waals surface area contributed by atoms with Crippen LogP contribution in [0.25, 0.3) is 10.9 Å². The number of ether oxygens (including phenoxy) is 1. The number of anilines is 1. The lowest BCUT2D eigenvalue weighted by molar-refractivity contribution is 0.419. The summed E-state index contributed by atoms with van der Waals surface area (Å²) >= 11 is 0. The van der Waals surface area contributed by atoms with Crippen LogP contribution in [0, 0.1) is 6.92 Å². The van der Waals surface area contributed by atoms with Gasteiger partial charge < -0.3 is 14.6 Å². The average molecular weight is 311 g/mol. The Morgan fingerprint density at radius 2 is 2.00 bits per heavy atom. The van der Waals surface area contributed by atoms with Crippen molar-refractivity contribution >= 4 is 16.6 Å². The summed E-state index contributed by atoms with van der Waals surface area (Å²) < 4.78 is 7.41. The van der Waals surface area contributed by atoms with Gasteiger partial charge in [0, 0.05) is 29.9 Å². The fourth-order valence-electron chi connectivity index (χ4n) is 2.64. The molecule has 0 unspecified atom stereocenters. The molecule has 3 aromatic rings. The summed E-state index contributed by atoms with van der Waals surface area (Å²) in [5.41, 5.74) is 2.99. The van der Waals surface area contributed by atoms with Gasteiger partial charge in [0.2, 0.25) is 0 Å². The monoisotopic (exact) mass is 311 g/mol. The first kappa shape index (κ1) is 15.3. The molecule has 2 aromatic heterocycles. The number of unbranched alkanes of at least 4 members (excludes halogenated alkanes) is 1. The first-order chi connectivity index (χ1) is 11.3. The average Bonchev–Trinajstić information content (AvgIpc) is 3.07. The zero-order chi connectivity index (χ0) is 16.1. The number of aromatic nitrogens is 4. The van der Waals surface area contributed by atoms with E-state index in [0.29, 0.717) is 0 Å². The van der Waals surface area contributed by atoms with Crippen LogP contribution in [0.3, 0.4) is 0 Å². The number of benzene rings is 1. The van der Waals surface area contributed by atoms with Gasteiger partial charge >= 0.3 is 0 Å². The van der Waals surface area contributed by atoms with Gasteiger partial charge in [-0.05, 0) is 31.9 Å². The van der Waals surface area contributed by atoms with E-state index in [2.05, 4.69) is 32.6 Å². The molecule has 0 bridgehead atoms. The molecule has 0 saturated carbocycles. The predicted octanol–water partition coefficient (Wildman–Crippen LogP) is 3.04. The summed E-state index contributed by atoms with van der Waals surface area (Å²) in [6.45, 7) is 3.86. The Labute approximate surface area is 135 Å². The molecule has 0 amide bonds. The maximum absolute atomic E-state index is 5.42. The van der Waals surface area contributed by atoms with Gasteiger partial charge in [0.15, 0.2) is 0 Å². The molecule has 120 valence electrons. The molecule has 1 aromatic carbocycles. The smallest absolute Gasteiger partial charge is 0.145 e. The van der Waals surface area contributed by atoms with Crippen molar-refractivity contribution in [3.63, 3.8) is 0 Å². The van der Waals surface area contributed by atoms with Crippen LogP contribution >= 0.6 is 0 Å². The van der Waals surface area contributed by atoms with E-state index in [1.54, 1.807) is 19.8 Å². The van der Waals surface area contributed by atoms with E-state index in [1.165, 1.54) is 0 Å². The highest BCUT2D eigenvalue weighted by molar-refractivity contribution is 5.95. The van der Waals surface area contributed by atoms with Gasteiger partial charge in [0.05, 0.1) is 7.11 Å². The minimum Gasteiger partial charge on any atom is -0.494 e. The van der Waals surface area contributed by atoms with Crippen molar-refractivity contribution in [2.75, 3.05) is 19.0 Å². The number of para-hydroxylation sites is 1. The van der Waals surface area contributed by atoms with Gasteiger partial charge in [-0.1, -0.05) is 12.1 Å². The highest BCUT2D eigenvalue weighted by Gasteiger charge is 2.08. The van der Waals surface area contributed by atoms with Gasteiger partial charge in [0.25, 0.3) is 0 Å². The second-order valence-electron chi connectivity index (χ2n) is 5.50. The van der Waals surface area contributed by atoms with Crippen LogP contribution in [-0.2, 0) is 6.54 Å². The van der Waals surface area contributed by atoms with Crippen molar-refractivity contribution in [1.29, 1.82) is 0 Å². The van der Waals surface area contributed by atoms with Crippen LogP contribution in [0.5, 0.6) is 5.75 Å². The molecule has 0 saturated heterocycles. The zero-order valence-electron chi connectivity index (χ0n) is 13.5. The number of nitrogens with zero attached hydrogens (tertiary/aromatic N) is 4. The summed E-state index contributed by atoms with van der Waals surface area (Å²) in [6, 6.07) is 8.10. The summed E-state index contributed by atoms with van der Waals surface area (Å²) in [5, 5.41) is 12.2. The minimum absolute atomic E-state index is 0.807. The maximum atomic E-state index is 5.42. The quantitative estimate of drug-likeness (QED) is 0.679. The second kappa shape index (κ2) is 7.09. The number of aryl methyl sites for hydroxylation is 2. The molecule has 0 spiro atoms. The normalized spacial score (nSPS) is 10.9. The molecule has 0 aliphatic rings. The van der Waals surface area contributed by atoms with Crippen molar-refractivity contribution in [3.05, 3.63) is 42.6 Å². The molecule has 6 heteroatoms. The molecule has 3 rings (SSSR count). The molecule has 0 fully saturated rings. The molecule has 2 heterocycles. The van der Waals surface area contributed by atoms with Crippen molar-refractivity contribution in [1.82, 2.24) is 19.7 Å². The van der Waals surface area contributed by atoms with E-state index in [1.807, 2.05) is 23.6 Å². The molecule has 1 N–H and O–H groups in total. The Bertz CT molecular complexity index is 770. The number of pyridine rings is 1. The van der Waals surface area contributed by atoms with Gasteiger partial charge in [-0.15, -0.1) is 10.2 Å². The lowest BCUT2D eigenvalue weighted by atomic mass is 10.1. The highest BCUT2D eigenvalue weighted by atomic mass is 16.5. The van der Waals surface area contributed by atoms with Crippen LogP contribution in [-0.4, -0.2) is 33.4 Å². The van der Waals surface area contributed by atoms with Crippen molar-refractivity contribution in [3.8, 4) is 5.75 Å². The second-order valence-corrected chi connectivity index (χ2v) is 5.50. The third-order valence-electron chi connectivity index (χ3n) is 3.78. The van der Waals surface area contributed by atoms with E-state index in [9.17, 15) is 0 Å². The molecule has 0 aliphatic carbocycles. The molecule has 6 nitrogen and oxygen atoms in total. The lowest BCUT2D eigenvalue weighted by Crippen LogP contribution is -2.05. The zero-order valence-corrected chi connectivity index (χ0v) is 13.5. The van der Waals surface area contributed by atoms with Gasteiger partial charge in [0.1, 0.15) is 23.9 Å². The third kappa shape index (κ3) is 3.59. The fraction of sp³-hybridized carbons (Fsp3) is 0.353. The molecular formula is C17H21N5O. The first-order valence-electron chi connectivity index (χ1n) is 7.78. The Morgan fingerprint density at radius 1 is 1.17 bits per heavy atom. The lowest BCUT2D eigenvalue weighted by Gasteiger charge is -2.12. The van der Waals surface area contributed by atoms with E-state index in [-0.39, 0.29) is 0 Å². The van der Waals surface area contributed by atoms with Crippen LogP contribution in [0.1, 0.15) is 18.5 Å². The first-order valence-corrected chi connectivity index (χ1v) is 7.78. The molecule has 0 aliphatic heterocycles. The van der Waals surface area contributed by atoms with Gasteiger partial charge in [-0.3, -0.25) is 0 Å². The molecule has 0 radical (unpaired) electrons. The Balaban J connectivity index is 1.65. The van der Waals surface area contributed by atoms with Crippen LogP contribution in [0.15, 0.2) is 36.9 Å². The summed E-state index contributed by atoms with van der Waals surface area (Å²) in [4.78, 5) is 4.60. The topological polar surface area (TPSA) is 64.9 Å². The van der Waals surface area contributed by atoms with Crippen molar-refractivity contribution < 1.29 is 4.74 Å². The number of rotatable bonds is 7. The largest absolute Gasteiger partial charge is 0.494 e.